The Hall–Kier alpha value is -1.81. The minimum absolute atomic E-state index is 0.672. The van der Waals surface area contributed by atoms with E-state index >= 15 is 0 Å². The van der Waals surface area contributed by atoms with E-state index in [1.807, 2.05) is 0 Å². The number of pyridine rings is 1. The molecule has 1 saturated heterocycles. The van der Waals surface area contributed by atoms with E-state index in [1.54, 1.807) is 0 Å². The first-order chi connectivity index (χ1) is 11.2. The van der Waals surface area contributed by atoms with Crippen molar-refractivity contribution in [2.75, 3.05) is 42.9 Å². The Labute approximate surface area is 138 Å². The van der Waals surface area contributed by atoms with E-state index in [-0.39, 0.29) is 0 Å². The molecule has 4 rings (SSSR count). The van der Waals surface area contributed by atoms with Crippen molar-refractivity contribution in [3.8, 4) is 0 Å². The summed E-state index contributed by atoms with van der Waals surface area (Å²) < 4.78 is 0. The molecule has 23 heavy (non-hydrogen) atoms. The molecule has 1 aliphatic carbocycles. The van der Waals surface area contributed by atoms with Crippen molar-refractivity contribution in [3.63, 3.8) is 0 Å². The molecule has 0 bridgehead atoms. The zero-order valence-electron chi connectivity index (χ0n) is 14.2. The summed E-state index contributed by atoms with van der Waals surface area (Å²) in [6.07, 6.45) is 2.60. The number of aromatic nitrogens is 1. The third-order valence-electron chi connectivity index (χ3n) is 5.04. The van der Waals surface area contributed by atoms with Crippen molar-refractivity contribution in [3.05, 3.63) is 30.0 Å². The zero-order chi connectivity index (χ0) is 15.8. The smallest absolute Gasteiger partial charge is 0.136 e. The number of likely N-dealkylation sites (N-methyl/N-ethyl adjacent to an activating group) is 1. The van der Waals surface area contributed by atoms with Gasteiger partial charge in [-0.1, -0.05) is 19.1 Å². The van der Waals surface area contributed by atoms with Gasteiger partial charge in [-0.2, -0.15) is 0 Å². The molecule has 2 aromatic rings. The Balaban J connectivity index is 1.71. The largest absolute Gasteiger partial charge is 0.382 e. The molecular formula is C19H26N4. The van der Waals surface area contributed by atoms with Gasteiger partial charge in [0.15, 0.2) is 0 Å². The second-order valence-corrected chi connectivity index (χ2v) is 6.83. The van der Waals surface area contributed by atoms with E-state index in [9.17, 15) is 0 Å². The molecular weight excluding hydrogens is 284 g/mol. The quantitative estimate of drug-likeness (QED) is 0.939. The van der Waals surface area contributed by atoms with Gasteiger partial charge in [-0.15, -0.1) is 0 Å². The molecule has 2 heterocycles. The number of benzene rings is 1. The zero-order valence-corrected chi connectivity index (χ0v) is 14.2. The summed E-state index contributed by atoms with van der Waals surface area (Å²) in [5.74, 6) is 1.16. The third kappa shape index (κ3) is 3.00. The highest BCUT2D eigenvalue weighted by atomic mass is 15.3. The van der Waals surface area contributed by atoms with Crippen molar-refractivity contribution in [1.29, 1.82) is 0 Å². The lowest BCUT2D eigenvalue weighted by molar-refractivity contribution is 0.271. The van der Waals surface area contributed by atoms with Gasteiger partial charge in [-0.25, -0.2) is 4.98 Å². The number of nitrogens with zero attached hydrogens (tertiary/aromatic N) is 3. The van der Waals surface area contributed by atoms with E-state index in [4.69, 9.17) is 4.98 Å². The molecule has 0 radical (unpaired) electrons. The van der Waals surface area contributed by atoms with Crippen LogP contribution in [-0.2, 0) is 0 Å². The number of rotatable bonds is 4. The van der Waals surface area contributed by atoms with Crippen molar-refractivity contribution in [1.82, 2.24) is 9.88 Å². The predicted molar refractivity (Wildman–Crippen MR) is 97.5 cm³/mol. The van der Waals surface area contributed by atoms with E-state index in [1.165, 1.54) is 29.3 Å². The molecule has 1 aliphatic heterocycles. The maximum Gasteiger partial charge on any atom is 0.136 e. The fourth-order valence-corrected chi connectivity index (χ4v) is 3.47. The molecule has 2 fully saturated rings. The topological polar surface area (TPSA) is 31.4 Å². The van der Waals surface area contributed by atoms with Gasteiger partial charge in [-0.3, -0.25) is 0 Å². The first kappa shape index (κ1) is 14.8. The lowest BCUT2D eigenvalue weighted by Crippen LogP contribution is -2.46. The fraction of sp³-hybridized carbons (Fsp3) is 0.526. The molecule has 0 amide bonds. The van der Waals surface area contributed by atoms with Gasteiger partial charge in [0.05, 0.1) is 0 Å². The van der Waals surface area contributed by atoms with E-state index < -0.39 is 0 Å². The number of fused-ring (bicyclic) bond motifs is 1. The fourth-order valence-electron chi connectivity index (χ4n) is 3.47. The molecule has 1 N–H and O–H groups in total. The SMILES string of the molecule is CCN1CCN(c2nc(C)cc3c(NC4CC4)cccc23)CC1. The van der Waals surface area contributed by atoms with Crippen LogP contribution < -0.4 is 10.2 Å². The molecule has 1 aromatic heterocycles. The number of nitrogens with one attached hydrogen (secondary N) is 1. The minimum atomic E-state index is 0.672. The molecule has 4 heteroatoms. The highest BCUT2D eigenvalue weighted by molar-refractivity contribution is 6.00. The molecule has 0 unspecified atom stereocenters. The van der Waals surface area contributed by atoms with Crippen LogP contribution in [0.4, 0.5) is 11.5 Å². The summed E-state index contributed by atoms with van der Waals surface area (Å²) in [6, 6.07) is 9.49. The second-order valence-electron chi connectivity index (χ2n) is 6.83. The Morgan fingerprint density at radius 3 is 2.61 bits per heavy atom. The van der Waals surface area contributed by atoms with Gasteiger partial charge in [0, 0.05) is 54.4 Å². The third-order valence-corrected chi connectivity index (χ3v) is 5.04. The van der Waals surface area contributed by atoms with Crippen LogP contribution in [0.25, 0.3) is 10.8 Å². The van der Waals surface area contributed by atoms with E-state index in [2.05, 4.69) is 53.2 Å². The summed E-state index contributed by atoms with van der Waals surface area (Å²) in [5, 5.41) is 6.28. The highest BCUT2D eigenvalue weighted by Crippen LogP contribution is 2.34. The summed E-state index contributed by atoms with van der Waals surface area (Å²) >= 11 is 0. The summed E-state index contributed by atoms with van der Waals surface area (Å²) in [5.41, 5.74) is 2.37. The van der Waals surface area contributed by atoms with Crippen LogP contribution in [0.15, 0.2) is 24.3 Å². The Bertz CT molecular complexity index is 700. The Morgan fingerprint density at radius 1 is 1.13 bits per heavy atom. The monoisotopic (exact) mass is 310 g/mol. The van der Waals surface area contributed by atoms with Gasteiger partial charge in [0.25, 0.3) is 0 Å². The maximum absolute atomic E-state index is 4.89. The summed E-state index contributed by atoms with van der Waals surface area (Å²) in [6.45, 7) is 9.90. The molecule has 1 aromatic carbocycles. The molecule has 1 saturated carbocycles. The van der Waals surface area contributed by atoms with Gasteiger partial charge < -0.3 is 15.1 Å². The van der Waals surface area contributed by atoms with Gasteiger partial charge in [0.2, 0.25) is 0 Å². The van der Waals surface area contributed by atoms with E-state index in [0.717, 1.165) is 44.2 Å². The number of piperazine rings is 1. The molecule has 2 aliphatic rings. The first-order valence-corrected chi connectivity index (χ1v) is 8.89. The second kappa shape index (κ2) is 6.00. The maximum atomic E-state index is 4.89. The van der Waals surface area contributed by atoms with Crippen LogP contribution in [0.2, 0.25) is 0 Å². The van der Waals surface area contributed by atoms with Crippen molar-refractivity contribution < 1.29 is 0 Å². The number of hydrogen-bond donors (Lipinski definition) is 1. The Kier molecular flexibility index (Phi) is 3.85. The van der Waals surface area contributed by atoms with Crippen LogP contribution >= 0.6 is 0 Å². The van der Waals surface area contributed by atoms with Gasteiger partial charge in [-0.05, 0) is 38.4 Å². The summed E-state index contributed by atoms with van der Waals surface area (Å²) in [7, 11) is 0. The van der Waals surface area contributed by atoms with Crippen LogP contribution in [0.5, 0.6) is 0 Å². The molecule has 0 atom stereocenters. The van der Waals surface area contributed by atoms with Crippen LogP contribution in [0.3, 0.4) is 0 Å². The first-order valence-electron chi connectivity index (χ1n) is 8.89. The molecule has 0 spiro atoms. The average molecular weight is 310 g/mol. The predicted octanol–water partition coefficient (Wildman–Crippen LogP) is 3.26. The van der Waals surface area contributed by atoms with Gasteiger partial charge in [0.1, 0.15) is 5.82 Å². The van der Waals surface area contributed by atoms with Crippen molar-refractivity contribution in [2.45, 2.75) is 32.7 Å². The average Bonchev–Trinajstić information content (AvgIpc) is 3.39. The summed E-state index contributed by atoms with van der Waals surface area (Å²) in [4.78, 5) is 9.86. The minimum Gasteiger partial charge on any atom is -0.382 e. The standard InChI is InChI=1S/C19H26N4/c1-3-22-9-11-23(12-10-22)19-16-5-4-6-18(21-15-7-8-15)17(16)13-14(2)20-19/h4-6,13,15,21H,3,7-12H2,1-2H3. The lowest BCUT2D eigenvalue weighted by Gasteiger charge is -2.35. The highest BCUT2D eigenvalue weighted by Gasteiger charge is 2.23. The number of anilines is 2. The lowest BCUT2D eigenvalue weighted by atomic mass is 10.1. The normalized spacial score (nSPS) is 19.3. The van der Waals surface area contributed by atoms with Crippen molar-refractivity contribution in [2.24, 2.45) is 0 Å². The number of hydrogen-bond acceptors (Lipinski definition) is 4. The number of aryl methyl sites for hydroxylation is 1. The Morgan fingerprint density at radius 2 is 1.91 bits per heavy atom. The molecule has 122 valence electrons. The van der Waals surface area contributed by atoms with Crippen LogP contribution in [-0.4, -0.2) is 48.6 Å². The molecule has 4 nitrogen and oxygen atoms in total. The van der Waals surface area contributed by atoms with Crippen LogP contribution in [0.1, 0.15) is 25.5 Å². The van der Waals surface area contributed by atoms with Gasteiger partial charge >= 0.3 is 0 Å². The van der Waals surface area contributed by atoms with Crippen molar-refractivity contribution >= 4 is 22.3 Å². The van der Waals surface area contributed by atoms with Crippen LogP contribution in [0, 0.1) is 6.92 Å². The van der Waals surface area contributed by atoms with E-state index in [0.29, 0.717) is 6.04 Å².